The van der Waals surface area contributed by atoms with Gasteiger partial charge in [0.2, 0.25) is 5.84 Å². The van der Waals surface area contributed by atoms with Gasteiger partial charge in [0.15, 0.2) is 12.5 Å². The van der Waals surface area contributed by atoms with Crippen LogP contribution in [-0.2, 0) is 40.2 Å². The molecule has 3 rings (SSSR count). The van der Waals surface area contributed by atoms with Gasteiger partial charge in [0.05, 0.1) is 35.6 Å². The van der Waals surface area contributed by atoms with Crippen LogP contribution in [0.3, 0.4) is 0 Å². The lowest BCUT2D eigenvalue weighted by molar-refractivity contribution is -0.140. The zero-order valence-corrected chi connectivity index (χ0v) is 30.8. The average Bonchev–Trinajstić information content (AvgIpc) is 3.74. The number of hydrazone groups is 1. The van der Waals surface area contributed by atoms with Gasteiger partial charge in [-0.1, -0.05) is 6.58 Å². The summed E-state index contributed by atoms with van der Waals surface area (Å²) in [6, 6.07) is 4.70. The molecule has 18 heteroatoms. The summed E-state index contributed by atoms with van der Waals surface area (Å²) in [6.07, 6.45) is 4.45. The Morgan fingerprint density at radius 1 is 0.923 bits per heavy atom. The van der Waals surface area contributed by atoms with Crippen LogP contribution in [0.5, 0.6) is 0 Å². The second-order valence-corrected chi connectivity index (χ2v) is 12.9. The van der Waals surface area contributed by atoms with Crippen LogP contribution in [0.4, 0.5) is 21.9 Å². The van der Waals surface area contributed by atoms with Crippen LogP contribution in [-0.4, -0.2) is 84.8 Å². The number of amides is 3. The van der Waals surface area contributed by atoms with Crippen molar-refractivity contribution in [2.24, 2.45) is 26.2 Å². The first kappa shape index (κ1) is 40.7. The second kappa shape index (κ2) is 18.0. The maximum Gasteiger partial charge on any atom is 0.412 e. The minimum absolute atomic E-state index is 0.141. The van der Waals surface area contributed by atoms with E-state index in [9.17, 15) is 29.4 Å². The van der Waals surface area contributed by atoms with Crippen LogP contribution in [0.1, 0.15) is 74.4 Å². The number of nitrogens with one attached hydrogen (secondary N) is 5. The van der Waals surface area contributed by atoms with Gasteiger partial charge in [-0.05, 0) is 58.0 Å². The number of methoxy groups -OCH3 is 1. The number of hydrogen-bond donors (Lipinski definition) is 7. The van der Waals surface area contributed by atoms with Crippen molar-refractivity contribution in [3.63, 3.8) is 0 Å². The van der Waals surface area contributed by atoms with Crippen molar-refractivity contribution in [3.8, 4) is 0 Å². The summed E-state index contributed by atoms with van der Waals surface area (Å²) in [5.41, 5.74) is 4.18. The smallest absolute Gasteiger partial charge is 0.412 e. The van der Waals surface area contributed by atoms with E-state index < -0.39 is 30.1 Å². The fourth-order valence-electron chi connectivity index (χ4n) is 4.91. The van der Waals surface area contributed by atoms with Gasteiger partial charge in [0.1, 0.15) is 11.3 Å². The number of aromatic nitrogens is 3. The number of unbranched alkanes of at least 4 members (excludes halogenated alkanes) is 1. The number of rotatable bonds is 15. The molecular formula is C34H50N10O8. The number of nitrogens with zero attached hydrogens (tertiary/aromatic N) is 5. The standard InChI is InChI=1S/C34H50N10O8/c1-10-41(5)28(39-40-31(48)26-17-23(20-44(26)8)38-33(50)52-34(2,3)4)32(49)37-22-16-25(43(7)19-22)30(47)36-21-15-24(42(6)18-21)29(46)35-14-12-11-13-27(45)51-9/h10,15-20,30-31,36,40,47-48H,1,11-14H2,2-9H3,(H,35,46)(H,37,49)(H,38,50)/b39-28-. The molecule has 3 heterocycles. The van der Waals surface area contributed by atoms with E-state index in [2.05, 4.69) is 43.1 Å². The zero-order valence-electron chi connectivity index (χ0n) is 30.8. The Kier molecular flexibility index (Phi) is 14.0. The summed E-state index contributed by atoms with van der Waals surface area (Å²) in [5, 5.41) is 37.1. The molecule has 2 atom stereocenters. The number of carbonyl (C=O) groups is 4. The Morgan fingerprint density at radius 3 is 2.12 bits per heavy atom. The molecule has 3 aromatic rings. The molecule has 0 fully saturated rings. The zero-order chi connectivity index (χ0) is 38.7. The van der Waals surface area contributed by atoms with E-state index >= 15 is 0 Å². The Hall–Kier alpha value is -5.75. The number of aliphatic hydroxyl groups is 2. The monoisotopic (exact) mass is 726 g/mol. The lowest BCUT2D eigenvalue weighted by Crippen LogP contribution is -2.36. The van der Waals surface area contributed by atoms with Gasteiger partial charge in [-0.2, -0.15) is 5.10 Å². The average molecular weight is 727 g/mol. The number of aliphatic hydroxyl groups excluding tert-OH is 2. The summed E-state index contributed by atoms with van der Waals surface area (Å²) in [7, 11) is 7.94. The molecule has 0 radical (unpaired) electrons. The highest BCUT2D eigenvalue weighted by Gasteiger charge is 2.22. The third kappa shape index (κ3) is 11.7. The minimum Gasteiger partial charge on any atom is -0.469 e. The highest BCUT2D eigenvalue weighted by Crippen LogP contribution is 2.24. The first-order chi connectivity index (χ1) is 24.4. The molecule has 3 aromatic heterocycles. The highest BCUT2D eigenvalue weighted by molar-refractivity contribution is 6.42. The van der Waals surface area contributed by atoms with Crippen molar-refractivity contribution in [3.05, 3.63) is 66.7 Å². The molecule has 52 heavy (non-hydrogen) atoms. The number of aryl methyl sites for hydroxylation is 3. The van der Waals surface area contributed by atoms with Gasteiger partial charge in [-0.3, -0.25) is 25.1 Å². The molecule has 2 unspecified atom stereocenters. The molecule has 0 saturated carbocycles. The van der Waals surface area contributed by atoms with Gasteiger partial charge < -0.3 is 54.2 Å². The Balaban J connectivity index is 1.63. The van der Waals surface area contributed by atoms with Crippen molar-refractivity contribution in [1.82, 2.24) is 29.3 Å². The van der Waals surface area contributed by atoms with E-state index in [1.54, 1.807) is 93.4 Å². The van der Waals surface area contributed by atoms with Gasteiger partial charge >= 0.3 is 12.1 Å². The van der Waals surface area contributed by atoms with Crippen molar-refractivity contribution in [2.45, 2.75) is 58.1 Å². The summed E-state index contributed by atoms with van der Waals surface area (Å²) >= 11 is 0. The van der Waals surface area contributed by atoms with Crippen LogP contribution in [0.2, 0.25) is 0 Å². The number of esters is 1. The molecule has 0 aromatic carbocycles. The molecule has 0 saturated heterocycles. The van der Waals surface area contributed by atoms with Crippen LogP contribution in [0, 0.1) is 0 Å². The largest absolute Gasteiger partial charge is 0.469 e. The van der Waals surface area contributed by atoms with E-state index in [4.69, 9.17) is 4.74 Å². The molecular weight excluding hydrogens is 676 g/mol. The van der Waals surface area contributed by atoms with Crippen LogP contribution in [0.15, 0.2) is 54.7 Å². The topological polar surface area (TPSA) is 218 Å². The normalized spacial score (nSPS) is 12.7. The van der Waals surface area contributed by atoms with Crippen molar-refractivity contribution in [2.75, 3.05) is 36.7 Å². The summed E-state index contributed by atoms with van der Waals surface area (Å²) in [5.74, 6) is -1.39. The minimum atomic E-state index is -1.37. The van der Waals surface area contributed by atoms with Gasteiger partial charge in [0, 0.05) is 59.7 Å². The predicted octanol–water partition coefficient (Wildman–Crippen LogP) is 2.83. The summed E-state index contributed by atoms with van der Waals surface area (Å²) in [4.78, 5) is 50.8. The van der Waals surface area contributed by atoms with E-state index in [-0.39, 0.29) is 24.1 Å². The SMILES string of the molecule is C=CN(C)/C(=N\NC(O)c1cc(NC(=O)OC(C)(C)C)cn1C)C(=O)Nc1cc(C(O)Nc2cc(C(=O)NCCCCC(=O)OC)n(C)c2)n(C)c1. The lowest BCUT2D eigenvalue weighted by atomic mass is 10.2. The number of likely N-dealkylation sites (N-methyl/N-ethyl adjacent to an activating group) is 1. The first-order valence-corrected chi connectivity index (χ1v) is 16.4. The van der Waals surface area contributed by atoms with E-state index in [0.29, 0.717) is 53.5 Å². The van der Waals surface area contributed by atoms with E-state index in [1.165, 1.54) is 24.3 Å². The molecule has 0 aliphatic rings. The first-order valence-electron chi connectivity index (χ1n) is 16.4. The van der Waals surface area contributed by atoms with Crippen molar-refractivity contribution in [1.29, 1.82) is 0 Å². The van der Waals surface area contributed by atoms with Crippen molar-refractivity contribution < 1.29 is 38.9 Å². The van der Waals surface area contributed by atoms with E-state index in [1.807, 2.05) is 0 Å². The number of amidine groups is 1. The Bertz CT molecular complexity index is 1770. The van der Waals surface area contributed by atoms with E-state index in [0.717, 1.165) is 0 Å². The van der Waals surface area contributed by atoms with Gasteiger partial charge in [-0.25, -0.2) is 4.79 Å². The maximum absolute atomic E-state index is 13.3. The van der Waals surface area contributed by atoms with Gasteiger partial charge in [0.25, 0.3) is 11.8 Å². The number of hydrogen-bond acceptors (Lipinski definition) is 11. The number of carbonyl (C=O) groups excluding carboxylic acids is 4. The molecule has 18 nitrogen and oxygen atoms in total. The fourth-order valence-corrected chi connectivity index (χ4v) is 4.91. The van der Waals surface area contributed by atoms with Crippen LogP contribution >= 0.6 is 0 Å². The predicted molar refractivity (Wildman–Crippen MR) is 195 cm³/mol. The molecule has 0 aliphatic carbocycles. The van der Waals surface area contributed by atoms with Gasteiger partial charge in [-0.15, -0.1) is 0 Å². The molecule has 0 aliphatic heterocycles. The molecule has 0 bridgehead atoms. The summed E-state index contributed by atoms with van der Waals surface area (Å²) in [6.45, 7) is 9.31. The Labute approximate surface area is 302 Å². The highest BCUT2D eigenvalue weighted by atomic mass is 16.6. The maximum atomic E-state index is 13.3. The number of ether oxygens (including phenoxy) is 2. The third-order valence-electron chi connectivity index (χ3n) is 7.52. The quantitative estimate of drug-likeness (QED) is 0.0302. The lowest BCUT2D eigenvalue weighted by Gasteiger charge is -2.19. The molecule has 284 valence electrons. The molecule has 0 spiro atoms. The molecule has 3 amide bonds. The Morgan fingerprint density at radius 2 is 1.52 bits per heavy atom. The molecule has 7 N–H and O–H groups in total. The fraction of sp³-hybridized carbons (Fsp3) is 0.441. The third-order valence-corrected chi connectivity index (χ3v) is 7.52. The second-order valence-electron chi connectivity index (χ2n) is 12.9. The van der Waals surface area contributed by atoms with Crippen LogP contribution < -0.4 is 26.7 Å². The number of anilines is 3. The van der Waals surface area contributed by atoms with Crippen LogP contribution in [0.25, 0.3) is 0 Å². The van der Waals surface area contributed by atoms with Crippen molar-refractivity contribution >= 4 is 46.8 Å². The summed E-state index contributed by atoms with van der Waals surface area (Å²) < 4.78 is 14.7.